The number of hydrogen-bond donors (Lipinski definition) is 1. The highest BCUT2D eigenvalue weighted by atomic mass is 32.1. The van der Waals surface area contributed by atoms with Gasteiger partial charge in [-0.15, -0.1) is 11.3 Å². The minimum absolute atomic E-state index is 0.674. The molecule has 0 unspecified atom stereocenters. The molecule has 0 aromatic carbocycles. The maximum absolute atomic E-state index is 5.03. The minimum atomic E-state index is 0.674. The second kappa shape index (κ2) is 8.71. The second-order valence-corrected chi connectivity index (χ2v) is 6.82. The number of nitrogens with zero attached hydrogens (tertiary/aromatic N) is 2. The number of rotatable bonds is 8. The molecule has 21 heavy (non-hydrogen) atoms. The van der Waals surface area contributed by atoms with E-state index in [0.717, 1.165) is 31.3 Å². The topological polar surface area (TPSA) is 37.4 Å². The van der Waals surface area contributed by atoms with Gasteiger partial charge in [0.15, 0.2) is 5.13 Å². The van der Waals surface area contributed by atoms with E-state index in [1.165, 1.54) is 37.2 Å². The number of methoxy groups -OCH3 is 1. The van der Waals surface area contributed by atoms with Crippen molar-refractivity contribution in [1.82, 2.24) is 10.3 Å². The standard InChI is InChI=1S/C16H29N3OS/c1-4-13-5-7-15(8-6-13)19(2)16-18-14(12-21-16)11-17-9-10-20-3/h12-13,15,17H,4-11H2,1-3H3. The van der Waals surface area contributed by atoms with Gasteiger partial charge >= 0.3 is 0 Å². The number of hydrogen-bond acceptors (Lipinski definition) is 5. The first-order chi connectivity index (χ1) is 10.2. The molecule has 2 rings (SSSR count). The van der Waals surface area contributed by atoms with E-state index in [9.17, 15) is 0 Å². The molecule has 1 fully saturated rings. The van der Waals surface area contributed by atoms with E-state index in [1.54, 1.807) is 18.4 Å². The molecule has 1 aliphatic rings. The van der Waals surface area contributed by atoms with Crippen molar-refractivity contribution in [2.45, 2.75) is 51.6 Å². The first-order valence-corrected chi connectivity index (χ1v) is 8.99. The fourth-order valence-corrected chi connectivity index (χ4v) is 3.89. The normalized spacial score (nSPS) is 22.4. The Hall–Kier alpha value is -0.650. The van der Waals surface area contributed by atoms with Crippen molar-refractivity contribution in [2.24, 2.45) is 5.92 Å². The van der Waals surface area contributed by atoms with Gasteiger partial charge in [0.2, 0.25) is 0 Å². The number of aromatic nitrogens is 1. The molecule has 120 valence electrons. The zero-order chi connectivity index (χ0) is 15.1. The molecule has 1 aromatic rings. The Morgan fingerprint density at radius 1 is 1.38 bits per heavy atom. The third-order valence-electron chi connectivity index (χ3n) is 4.57. The van der Waals surface area contributed by atoms with Gasteiger partial charge in [0.1, 0.15) is 0 Å². The molecule has 1 heterocycles. The maximum atomic E-state index is 5.03. The number of nitrogens with one attached hydrogen (secondary N) is 1. The molecule has 0 spiro atoms. The van der Waals surface area contributed by atoms with Crippen LogP contribution in [0.1, 0.15) is 44.7 Å². The lowest BCUT2D eigenvalue weighted by atomic mass is 9.84. The van der Waals surface area contributed by atoms with Crippen LogP contribution in [0.4, 0.5) is 5.13 Å². The summed E-state index contributed by atoms with van der Waals surface area (Å²) in [7, 11) is 3.93. The molecule has 0 radical (unpaired) electrons. The summed E-state index contributed by atoms with van der Waals surface area (Å²) in [6, 6.07) is 0.674. The van der Waals surface area contributed by atoms with E-state index in [-0.39, 0.29) is 0 Å². The number of thiazole rings is 1. The molecule has 0 amide bonds. The Morgan fingerprint density at radius 3 is 2.81 bits per heavy atom. The molecule has 0 bridgehead atoms. The SMILES string of the molecule is CCC1CCC(N(C)c2nc(CNCCOC)cs2)CC1. The molecule has 0 saturated heterocycles. The monoisotopic (exact) mass is 311 g/mol. The molecule has 1 aliphatic carbocycles. The average molecular weight is 311 g/mol. The van der Waals surface area contributed by atoms with Crippen LogP contribution in [0.2, 0.25) is 0 Å². The van der Waals surface area contributed by atoms with Crippen LogP contribution < -0.4 is 10.2 Å². The Balaban J connectivity index is 1.80. The van der Waals surface area contributed by atoms with Crippen LogP contribution in [-0.2, 0) is 11.3 Å². The van der Waals surface area contributed by atoms with Gasteiger partial charge in [0, 0.05) is 38.7 Å². The summed E-state index contributed by atoms with van der Waals surface area (Å²) < 4.78 is 5.03. The second-order valence-electron chi connectivity index (χ2n) is 5.98. The summed E-state index contributed by atoms with van der Waals surface area (Å²) >= 11 is 1.77. The van der Waals surface area contributed by atoms with Gasteiger partial charge in [-0.3, -0.25) is 0 Å². The highest BCUT2D eigenvalue weighted by Crippen LogP contribution is 2.32. The molecular formula is C16H29N3OS. The van der Waals surface area contributed by atoms with E-state index in [0.29, 0.717) is 6.04 Å². The predicted molar refractivity (Wildman–Crippen MR) is 90.1 cm³/mol. The lowest BCUT2D eigenvalue weighted by Crippen LogP contribution is -2.35. The summed E-state index contributed by atoms with van der Waals surface area (Å²) in [5, 5.41) is 6.68. The van der Waals surface area contributed by atoms with Gasteiger partial charge in [-0.25, -0.2) is 4.98 Å². The Morgan fingerprint density at radius 2 is 2.14 bits per heavy atom. The van der Waals surface area contributed by atoms with Crippen molar-refractivity contribution in [1.29, 1.82) is 0 Å². The molecule has 1 aromatic heterocycles. The van der Waals surface area contributed by atoms with E-state index < -0.39 is 0 Å². The van der Waals surface area contributed by atoms with Crippen LogP contribution in [0.3, 0.4) is 0 Å². The molecule has 1 N–H and O–H groups in total. The molecule has 1 saturated carbocycles. The number of anilines is 1. The van der Waals surface area contributed by atoms with Crippen LogP contribution in [0.25, 0.3) is 0 Å². The number of ether oxygens (including phenoxy) is 1. The fraction of sp³-hybridized carbons (Fsp3) is 0.812. The molecule has 0 aliphatic heterocycles. The van der Waals surface area contributed by atoms with Crippen LogP contribution in [0.5, 0.6) is 0 Å². The molecule has 4 nitrogen and oxygen atoms in total. The van der Waals surface area contributed by atoms with Gasteiger partial charge in [0.05, 0.1) is 12.3 Å². The lowest BCUT2D eigenvalue weighted by molar-refractivity contribution is 0.199. The Kier molecular flexibility index (Phi) is 6.93. The van der Waals surface area contributed by atoms with E-state index in [1.807, 2.05) is 0 Å². The molecular weight excluding hydrogens is 282 g/mol. The largest absolute Gasteiger partial charge is 0.383 e. The van der Waals surface area contributed by atoms with Crippen LogP contribution >= 0.6 is 11.3 Å². The predicted octanol–water partition coefficient (Wildman–Crippen LogP) is 3.28. The quantitative estimate of drug-likeness (QED) is 0.748. The van der Waals surface area contributed by atoms with Crippen LogP contribution in [-0.4, -0.2) is 38.3 Å². The van der Waals surface area contributed by atoms with Crippen molar-refractivity contribution in [3.05, 3.63) is 11.1 Å². The van der Waals surface area contributed by atoms with Crippen molar-refractivity contribution in [2.75, 3.05) is 32.2 Å². The van der Waals surface area contributed by atoms with Crippen molar-refractivity contribution in [3.8, 4) is 0 Å². The summed E-state index contributed by atoms with van der Waals surface area (Å²) in [5.41, 5.74) is 1.14. The van der Waals surface area contributed by atoms with E-state index in [2.05, 4.69) is 29.6 Å². The maximum Gasteiger partial charge on any atom is 0.185 e. The van der Waals surface area contributed by atoms with Crippen molar-refractivity contribution in [3.63, 3.8) is 0 Å². The fourth-order valence-electron chi connectivity index (χ4n) is 3.03. The average Bonchev–Trinajstić information content (AvgIpc) is 3.00. The zero-order valence-corrected chi connectivity index (χ0v) is 14.4. The van der Waals surface area contributed by atoms with Crippen molar-refractivity contribution < 1.29 is 4.74 Å². The van der Waals surface area contributed by atoms with Gasteiger partial charge < -0.3 is 15.0 Å². The highest BCUT2D eigenvalue weighted by Gasteiger charge is 2.24. The molecule has 0 atom stereocenters. The van der Waals surface area contributed by atoms with E-state index in [4.69, 9.17) is 9.72 Å². The smallest absolute Gasteiger partial charge is 0.185 e. The summed E-state index contributed by atoms with van der Waals surface area (Å²) in [4.78, 5) is 7.16. The van der Waals surface area contributed by atoms with Crippen molar-refractivity contribution >= 4 is 16.5 Å². The minimum Gasteiger partial charge on any atom is -0.383 e. The summed E-state index contributed by atoms with van der Waals surface area (Å²) in [6.45, 7) is 4.77. The zero-order valence-electron chi connectivity index (χ0n) is 13.6. The van der Waals surface area contributed by atoms with Gasteiger partial charge in [-0.05, 0) is 31.6 Å². The van der Waals surface area contributed by atoms with Gasteiger partial charge in [-0.2, -0.15) is 0 Å². The Bertz CT molecular complexity index is 402. The highest BCUT2D eigenvalue weighted by molar-refractivity contribution is 7.13. The lowest BCUT2D eigenvalue weighted by Gasteiger charge is -2.34. The van der Waals surface area contributed by atoms with Crippen LogP contribution in [0.15, 0.2) is 5.38 Å². The van der Waals surface area contributed by atoms with Gasteiger partial charge in [-0.1, -0.05) is 13.3 Å². The van der Waals surface area contributed by atoms with Gasteiger partial charge in [0.25, 0.3) is 0 Å². The van der Waals surface area contributed by atoms with Crippen LogP contribution in [0, 0.1) is 5.92 Å². The summed E-state index contributed by atoms with van der Waals surface area (Å²) in [6.07, 6.45) is 6.72. The van der Waals surface area contributed by atoms with E-state index >= 15 is 0 Å². The third-order valence-corrected chi connectivity index (χ3v) is 5.55. The molecule has 5 heteroatoms. The summed E-state index contributed by atoms with van der Waals surface area (Å²) in [5.74, 6) is 0.950. The first-order valence-electron chi connectivity index (χ1n) is 8.11. The first kappa shape index (κ1) is 16.7. The third kappa shape index (κ3) is 4.94. The Labute approximate surface area is 132 Å².